The summed E-state index contributed by atoms with van der Waals surface area (Å²) in [6, 6.07) is 5.71. The summed E-state index contributed by atoms with van der Waals surface area (Å²) < 4.78 is 29.1. The summed E-state index contributed by atoms with van der Waals surface area (Å²) >= 11 is 0. The summed E-state index contributed by atoms with van der Waals surface area (Å²) in [5.74, 6) is 0.709. The second kappa shape index (κ2) is 4.84. The molecule has 0 aliphatic rings. The first-order valence-electron chi connectivity index (χ1n) is 4.89. The number of hydrogen-bond acceptors (Lipinski definition) is 3. The van der Waals surface area contributed by atoms with Crippen LogP contribution in [-0.4, -0.2) is 33.1 Å². The molecule has 16 heavy (non-hydrogen) atoms. The number of rotatable bonds is 4. The summed E-state index contributed by atoms with van der Waals surface area (Å²) in [7, 11) is -0.0304. The highest BCUT2D eigenvalue weighted by atomic mass is 32.2. The van der Waals surface area contributed by atoms with Crippen molar-refractivity contribution in [1.29, 1.82) is 0 Å². The zero-order chi connectivity index (χ0) is 12.3. The van der Waals surface area contributed by atoms with E-state index < -0.39 is 10.0 Å². The van der Waals surface area contributed by atoms with E-state index in [1.54, 1.807) is 14.2 Å². The van der Waals surface area contributed by atoms with E-state index in [1.807, 2.05) is 25.1 Å². The fourth-order valence-corrected chi connectivity index (χ4v) is 1.76. The molecule has 0 amide bonds. The van der Waals surface area contributed by atoms with Crippen LogP contribution in [0.15, 0.2) is 18.2 Å². The average molecular weight is 243 g/mol. The minimum Gasteiger partial charge on any atom is -0.496 e. The molecule has 0 saturated carbocycles. The highest BCUT2D eigenvalue weighted by molar-refractivity contribution is 7.88. The highest BCUT2D eigenvalue weighted by Crippen LogP contribution is 2.21. The molecule has 0 heterocycles. The van der Waals surface area contributed by atoms with E-state index in [9.17, 15) is 8.42 Å². The molecule has 1 aromatic rings. The molecular formula is C11H17NO3S. The molecule has 1 aromatic carbocycles. The molecule has 0 unspecified atom stereocenters. The third kappa shape index (κ3) is 3.21. The molecule has 4 nitrogen and oxygen atoms in total. The van der Waals surface area contributed by atoms with Gasteiger partial charge in [-0.05, 0) is 13.0 Å². The zero-order valence-electron chi connectivity index (χ0n) is 10.0. The number of methoxy groups -OCH3 is 1. The van der Waals surface area contributed by atoms with Crippen LogP contribution in [0.2, 0.25) is 0 Å². The number of aryl methyl sites for hydroxylation is 1. The van der Waals surface area contributed by atoms with Crippen LogP contribution >= 0.6 is 0 Å². The van der Waals surface area contributed by atoms with Gasteiger partial charge in [0.05, 0.1) is 13.4 Å². The third-order valence-electron chi connectivity index (χ3n) is 2.40. The molecule has 90 valence electrons. The molecule has 0 spiro atoms. The Morgan fingerprint density at radius 1 is 1.38 bits per heavy atom. The van der Waals surface area contributed by atoms with Crippen molar-refractivity contribution in [2.45, 2.75) is 13.5 Å². The Bertz CT molecular complexity index is 468. The molecule has 0 fully saturated rings. The standard InChI is InChI=1S/C11H17NO3S/c1-9-5-6-11(15-3)10(7-9)8-12(2)16(4,13)14/h5-7H,8H2,1-4H3. The maximum Gasteiger partial charge on any atom is 0.211 e. The first-order chi connectivity index (χ1) is 7.34. The minimum atomic E-state index is -3.16. The molecule has 0 aromatic heterocycles. The van der Waals surface area contributed by atoms with Crippen molar-refractivity contribution < 1.29 is 13.2 Å². The Morgan fingerprint density at radius 3 is 2.50 bits per heavy atom. The smallest absolute Gasteiger partial charge is 0.211 e. The van der Waals surface area contributed by atoms with Gasteiger partial charge in [-0.15, -0.1) is 0 Å². The van der Waals surface area contributed by atoms with Gasteiger partial charge in [0.1, 0.15) is 5.75 Å². The van der Waals surface area contributed by atoms with Gasteiger partial charge < -0.3 is 4.74 Å². The van der Waals surface area contributed by atoms with Crippen LogP contribution in [0.4, 0.5) is 0 Å². The van der Waals surface area contributed by atoms with Gasteiger partial charge in [-0.25, -0.2) is 12.7 Å². The Labute approximate surface area is 96.9 Å². The van der Waals surface area contributed by atoms with E-state index in [0.717, 1.165) is 11.1 Å². The number of benzene rings is 1. The van der Waals surface area contributed by atoms with Gasteiger partial charge >= 0.3 is 0 Å². The number of ether oxygens (including phenoxy) is 1. The van der Waals surface area contributed by atoms with Crippen molar-refractivity contribution in [1.82, 2.24) is 4.31 Å². The van der Waals surface area contributed by atoms with Gasteiger partial charge in [0.25, 0.3) is 0 Å². The number of sulfonamides is 1. The van der Waals surface area contributed by atoms with E-state index in [4.69, 9.17) is 4.74 Å². The van der Waals surface area contributed by atoms with E-state index in [0.29, 0.717) is 12.3 Å². The van der Waals surface area contributed by atoms with Gasteiger partial charge in [0.2, 0.25) is 10.0 Å². The normalized spacial score (nSPS) is 11.8. The number of nitrogens with zero attached hydrogens (tertiary/aromatic N) is 1. The lowest BCUT2D eigenvalue weighted by molar-refractivity contribution is 0.398. The van der Waals surface area contributed by atoms with Gasteiger partial charge in [-0.3, -0.25) is 0 Å². The lowest BCUT2D eigenvalue weighted by atomic mass is 10.1. The molecule has 0 N–H and O–H groups in total. The van der Waals surface area contributed by atoms with Crippen LogP contribution in [0.3, 0.4) is 0 Å². The second-order valence-electron chi connectivity index (χ2n) is 3.83. The van der Waals surface area contributed by atoms with Crippen LogP contribution in [0.1, 0.15) is 11.1 Å². The first kappa shape index (κ1) is 13.0. The third-order valence-corrected chi connectivity index (χ3v) is 3.66. The molecule has 0 bridgehead atoms. The van der Waals surface area contributed by atoms with Crippen LogP contribution in [-0.2, 0) is 16.6 Å². The largest absolute Gasteiger partial charge is 0.496 e. The molecule has 0 radical (unpaired) electrons. The Balaban J connectivity index is 3.00. The second-order valence-corrected chi connectivity index (χ2v) is 5.92. The maximum absolute atomic E-state index is 11.3. The average Bonchev–Trinajstić information content (AvgIpc) is 2.16. The van der Waals surface area contributed by atoms with Crippen LogP contribution in [0, 0.1) is 6.92 Å². The van der Waals surface area contributed by atoms with Crippen molar-refractivity contribution >= 4 is 10.0 Å². The van der Waals surface area contributed by atoms with Crippen LogP contribution in [0.25, 0.3) is 0 Å². The molecule has 0 aliphatic carbocycles. The Kier molecular flexibility index (Phi) is 3.93. The van der Waals surface area contributed by atoms with Crippen LogP contribution < -0.4 is 4.74 Å². The fourth-order valence-electron chi connectivity index (χ4n) is 1.39. The summed E-state index contributed by atoms with van der Waals surface area (Å²) in [5, 5.41) is 0. The highest BCUT2D eigenvalue weighted by Gasteiger charge is 2.13. The van der Waals surface area contributed by atoms with Crippen molar-refractivity contribution in [3.63, 3.8) is 0 Å². The Hall–Kier alpha value is -1.07. The number of hydrogen-bond donors (Lipinski definition) is 0. The lowest BCUT2D eigenvalue weighted by Crippen LogP contribution is -2.25. The minimum absolute atomic E-state index is 0.323. The van der Waals surface area contributed by atoms with Crippen molar-refractivity contribution in [2.75, 3.05) is 20.4 Å². The van der Waals surface area contributed by atoms with E-state index >= 15 is 0 Å². The quantitative estimate of drug-likeness (QED) is 0.803. The van der Waals surface area contributed by atoms with E-state index in [2.05, 4.69) is 0 Å². The van der Waals surface area contributed by atoms with Gasteiger partial charge in [0.15, 0.2) is 0 Å². The topological polar surface area (TPSA) is 46.6 Å². The molecule has 0 aliphatic heterocycles. The molecule has 1 rings (SSSR count). The summed E-state index contributed by atoms with van der Waals surface area (Å²) in [6.45, 7) is 2.28. The molecule has 5 heteroatoms. The zero-order valence-corrected chi connectivity index (χ0v) is 10.8. The van der Waals surface area contributed by atoms with E-state index in [-0.39, 0.29) is 0 Å². The summed E-state index contributed by atoms with van der Waals surface area (Å²) in [5.41, 5.74) is 1.95. The predicted molar refractivity (Wildman–Crippen MR) is 64.0 cm³/mol. The summed E-state index contributed by atoms with van der Waals surface area (Å²) in [4.78, 5) is 0. The Morgan fingerprint density at radius 2 is 2.00 bits per heavy atom. The van der Waals surface area contributed by atoms with Crippen molar-refractivity contribution in [3.05, 3.63) is 29.3 Å². The maximum atomic E-state index is 11.3. The first-order valence-corrected chi connectivity index (χ1v) is 6.74. The predicted octanol–water partition coefficient (Wildman–Crippen LogP) is 1.40. The SMILES string of the molecule is COc1ccc(C)cc1CN(C)S(C)(=O)=O. The van der Waals surface area contributed by atoms with Gasteiger partial charge in [0, 0.05) is 19.2 Å². The van der Waals surface area contributed by atoms with Gasteiger partial charge in [-0.1, -0.05) is 17.7 Å². The lowest BCUT2D eigenvalue weighted by Gasteiger charge is -2.16. The summed E-state index contributed by atoms with van der Waals surface area (Å²) in [6.07, 6.45) is 1.19. The molecule has 0 saturated heterocycles. The van der Waals surface area contributed by atoms with Crippen molar-refractivity contribution in [2.24, 2.45) is 0 Å². The van der Waals surface area contributed by atoms with Crippen LogP contribution in [0.5, 0.6) is 5.75 Å². The monoisotopic (exact) mass is 243 g/mol. The molecule has 0 atom stereocenters. The van der Waals surface area contributed by atoms with Crippen molar-refractivity contribution in [3.8, 4) is 5.75 Å². The molecular weight excluding hydrogens is 226 g/mol. The van der Waals surface area contributed by atoms with Gasteiger partial charge in [-0.2, -0.15) is 0 Å². The fraction of sp³-hybridized carbons (Fsp3) is 0.455. The van der Waals surface area contributed by atoms with E-state index in [1.165, 1.54) is 10.6 Å².